The third kappa shape index (κ3) is 4.62. The molecule has 0 spiro atoms. The number of morpholine rings is 1. The van der Waals surface area contributed by atoms with E-state index in [4.69, 9.17) is 4.74 Å². The number of rotatable bonds is 7. The van der Waals surface area contributed by atoms with E-state index in [0.717, 1.165) is 13.1 Å². The summed E-state index contributed by atoms with van der Waals surface area (Å²) in [7, 11) is -3.75. The smallest absolute Gasteiger partial charge is 0.264 e. The Morgan fingerprint density at radius 1 is 1.00 bits per heavy atom. The SMILES string of the molecule is O=S(=O)(c1ccccc1)N(C[C@@H](O)C[NH+]1CCOCC1)c1ccccc1. The Morgan fingerprint density at radius 3 is 2.19 bits per heavy atom. The summed E-state index contributed by atoms with van der Waals surface area (Å²) in [4.78, 5) is 1.45. The van der Waals surface area contributed by atoms with Crippen molar-refractivity contribution in [3.63, 3.8) is 0 Å². The molecule has 26 heavy (non-hydrogen) atoms. The number of hydrogen-bond acceptors (Lipinski definition) is 4. The predicted octanol–water partition coefficient (Wildman–Crippen LogP) is 0.158. The molecule has 0 amide bonds. The van der Waals surface area contributed by atoms with E-state index in [1.54, 1.807) is 54.6 Å². The van der Waals surface area contributed by atoms with Crippen LogP contribution in [0.5, 0.6) is 0 Å². The molecular formula is C19H25N2O4S+. The summed E-state index contributed by atoms with van der Waals surface area (Å²) >= 11 is 0. The number of quaternary nitrogens is 1. The van der Waals surface area contributed by atoms with Crippen LogP contribution in [-0.2, 0) is 14.8 Å². The molecule has 2 N–H and O–H groups in total. The summed E-state index contributed by atoms with van der Waals surface area (Å²) < 4.78 is 32.9. The van der Waals surface area contributed by atoms with Gasteiger partial charge in [0, 0.05) is 0 Å². The number of benzene rings is 2. The molecule has 0 saturated carbocycles. The molecular weight excluding hydrogens is 352 g/mol. The van der Waals surface area contributed by atoms with Crippen molar-refractivity contribution in [2.75, 3.05) is 43.7 Å². The number of aliphatic hydroxyl groups excluding tert-OH is 1. The van der Waals surface area contributed by atoms with Gasteiger partial charge in [0.15, 0.2) is 0 Å². The maximum absolute atomic E-state index is 13.1. The Kier molecular flexibility index (Phi) is 6.26. The summed E-state index contributed by atoms with van der Waals surface area (Å²) in [6, 6.07) is 17.2. The second kappa shape index (κ2) is 8.64. The first kappa shape index (κ1) is 18.8. The summed E-state index contributed by atoms with van der Waals surface area (Å²) in [5.74, 6) is 0. The number of para-hydroxylation sites is 1. The van der Waals surface area contributed by atoms with Gasteiger partial charge in [-0.3, -0.25) is 4.31 Å². The van der Waals surface area contributed by atoms with Crippen LogP contribution in [0.4, 0.5) is 5.69 Å². The van der Waals surface area contributed by atoms with Gasteiger partial charge in [0.2, 0.25) is 0 Å². The van der Waals surface area contributed by atoms with E-state index in [0.29, 0.717) is 25.4 Å². The van der Waals surface area contributed by atoms with Crippen molar-refractivity contribution in [2.45, 2.75) is 11.0 Å². The van der Waals surface area contributed by atoms with Gasteiger partial charge in [-0.25, -0.2) is 8.42 Å². The number of anilines is 1. The van der Waals surface area contributed by atoms with E-state index >= 15 is 0 Å². The molecule has 2 aromatic carbocycles. The Labute approximate surface area is 154 Å². The van der Waals surface area contributed by atoms with Crippen LogP contribution in [0.1, 0.15) is 0 Å². The van der Waals surface area contributed by atoms with Crippen molar-refractivity contribution in [1.82, 2.24) is 0 Å². The highest BCUT2D eigenvalue weighted by atomic mass is 32.2. The Bertz CT molecular complexity index is 778. The van der Waals surface area contributed by atoms with Crippen molar-refractivity contribution in [2.24, 2.45) is 0 Å². The minimum Gasteiger partial charge on any atom is -0.385 e. The molecule has 1 heterocycles. The van der Waals surface area contributed by atoms with E-state index < -0.39 is 16.1 Å². The van der Waals surface area contributed by atoms with Crippen molar-refractivity contribution >= 4 is 15.7 Å². The second-order valence-electron chi connectivity index (χ2n) is 6.41. The summed E-state index contributed by atoms with van der Waals surface area (Å²) in [5, 5.41) is 10.6. The summed E-state index contributed by atoms with van der Waals surface area (Å²) in [6.07, 6.45) is -0.762. The van der Waals surface area contributed by atoms with E-state index in [-0.39, 0.29) is 11.4 Å². The van der Waals surface area contributed by atoms with Crippen LogP contribution < -0.4 is 9.21 Å². The zero-order valence-corrected chi connectivity index (χ0v) is 15.4. The topological polar surface area (TPSA) is 71.3 Å². The van der Waals surface area contributed by atoms with Gasteiger partial charge < -0.3 is 14.7 Å². The molecule has 6 nitrogen and oxygen atoms in total. The molecule has 3 rings (SSSR count). The number of ether oxygens (including phenoxy) is 1. The zero-order chi connectivity index (χ0) is 18.4. The fourth-order valence-electron chi connectivity index (χ4n) is 3.11. The lowest BCUT2D eigenvalue weighted by molar-refractivity contribution is -0.910. The quantitative estimate of drug-likeness (QED) is 0.721. The van der Waals surface area contributed by atoms with Gasteiger partial charge in [0.1, 0.15) is 25.7 Å². The first-order valence-corrected chi connectivity index (χ1v) is 10.2. The van der Waals surface area contributed by atoms with Gasteiger partial charge in [0.25, 0.3) is 10.0 Å². The number of aliphatic hydroxyl groups is 1. The number of nitrogens with zero attached hydrogens (tertiary/aromatic N) is 1. The molecule has 2 aromatic rings. The lowest BCUT2D eigenvalue weighted by atomic mass is 10.2. The molecule has 1 saturated heterocycles. The van der Waals surface area contributed by atoms with Crippen molar-refractivity contribution in [1.29, 1.82) is 0 Å². The van der Waals surface area contributed by atoms with Gasteiger partial charge in [-0.1, -0.05) is 36.4 Å². The average molecular weight is 377 g/mol. The molecule has 0 radical (unpaired) electrons. The number of nitrogens with one attached hydrogen (secondary N) is 1. The molecule has 1 aliphatic rings. The molecule has 1 fully saturated rings. The molecule has 0 bridgehead atoms. The summed E-state index contributed by atoms with van der Waals surface area (Å²) in [5.41, 5.74) is 0.549. The van der Waals surface area contributed by atoms with Crippen LogP contribution in [-0.4, -0.2) is 59.0 Å². The molecule has 7 heteroatoms. The highest BCUT2D eigenvalue weighted by Gasteiger charge is 2.28. The largest absolute Gasteiger partial charge is 0.385 e. The van der Waals surface area contributed by atoms with Crippen LogP contribution in [0.3, 0.4) is 0 Å². The maximum Gasteiger partial charge on any atom is 0.264 e. The van der Waals surface area contributed by atoms with E-state index in [1.807, 2.05) is 6.07 Å². The molecule has 1 atom stereocenters. The van der Waals surface area contributed by atoms with Crippen molar-refractivity contribution in [3.05, 3.63) is 60.7 Å². The Morgan fingerprint density at radius 2 is 1.58 bits per heavy atom. The lowest BCUT2D eigenvalue weighted by Gasteiger charge is -2.30. The van der Waals surface area contributed by atoms with Crippen molar-refractivity contribution < 1.29 is 23.2 Å². The molecule has 0 aliphatic carbocycles. The Balaban J connectivity index is 1.82. The summed E-state index contributed by atoms with van der Waals surface area (Å²) in [6.45, 7) is 3.52. The molecule has 140 valence electrons. The van der Waals surface area contributed by atoms with Crippen LogP contribution >= 0.6 is 0 Å². The number of sulfonamides is 1. The van der Waals surface area contributed by atoms with Gasteiger partial charge in [-0.2, -0.15) is 0 Å². The van der Waals surface area contributed by atoms with Gasteiger partial charge in [0.05, 0.1) is 30.3 Å². The van der Waals surface area contributed by atoms with E-state index in [2.05, 4.69) is 0 Å². The van der Waals surface area contributed by atoms with Crippen LogP contribution in [0.2, 0.25) is 0 Å². The van der Waals surface area contributed by atoms with Crippen molar-refractivity contribution in [3.8, 4) is 0 Å². The highest BCUT2D eigenvalue weighted by Crippen LogP contribution is 2.23. The lowest BCUT2D eigenvalue weighted by Crippen LogP contribution is -3.15. The average Bonchev–Trinajstić information content (AvgIpc) is 2.68. The normalized spacial score (nSPS) is 17.0. The minimum atomic E-state index is -3.75. The first-order valence-electron chi connectivity index (χ1n) is 8.79. The fraction of sp³-hybridized carbons (Fsp3) is 0.368. The molecule has 1 aliphatic heterocycles. The van der Waals surface area contributed by atoms with Crippen LogP contribution in [0.25, 0.3) is 0 Å². The van der Waals surface area contributed by atoms with Crippen LogP contribution in [0, 0.1) is 0 Å². The first-order chi connectivity index (χ1) is 12.6. The zero-order valence-electron chi connectivity index (χ0n) is 14.6. The standard InChI is InChI=1S/C19H24N2O4S/c22-18(15-20-11-13-25-14-12-20)16-21(17-7-3-1-4-8-17)26(23,24)19-9-5-2-6-10-19/h1-10,18,22H,11-16H2/p+1/t18-/m0/s1. The third-order valence-electron chi connectivity index (χ3n) is 4.48. The second-order valence-corrected chi connectivity index (χ2v) is 8.27. The maximum atomic E-state index is 13.1. The molecule has 0 aromatic heterocycles. The number of hydrogen-bond donors (Lipinski definition) is 2. The highest BCUT2D eigenvalue weighted by molar-refractivity contribution is 7.92. The molecule has 0 unspecified atom stereocenters. The van der Waals surface area contributed by atoms with Gasteiger partial charge in [-0.15, -0.1) is 0 Å². The Hall–Kier alpha value is -1.93. The predicted molar refractivity (Wildman–Crippen MR) is 99.8 cm³/mol. The monoisotopic (exact) mass is 377 g/mol. The van der Waals surface area contributed by atoms with Crippen LogP contribution in [0.15, 0.2) is 65.6 Å². The van der Waals surface area contributed by atoms with E-state index in [1.165, 1.54) is 9.21 Å². The fourth-order valence-corrected chi connectivity index (χ4v) is 4.63. The minimum absolute atomic E-state index is 0.0194. The van der Waals surface area contributed by atoms with Gasteiger partial charge >= 0.3 is 0 Å². The third-order valence-corrected chi connectivity index (χ3v) is 6.28. The van der Waals surface area contributed by atoms with Gasteiger partial charge in [-0.05, 0) is 24.3 Å². The van der Waals surface area contributed by atoms with E-state index in [9.17, 15) is 13.5 Å².